The monoisotopic (exact) mass is 448 g/mol. The zero-order valence-corrected chi connectivity index (χ0v) is 18.9. The van der Waals surface area contributed by atoms with Gasteiger partial charge in [0.15, 0.2) is 0 Å². The number of amides is 4. The Bertz CT molecular complexity index is 815. The van der Waals surface area contributed by atoms with Crippen LogP contribution >= 0.6 is 0 Å². The molecular weight excluding hydrogens is 416 g/mol. The fourth-order valence-electron chi connectivity index (χ4n) is 3.19. The topological polar surface area (TPSA) is 117 Å². The number of likely N-dealkylation sites (N-methyl/N-ethyl adjacent to an activating group) is 2. The highest BCUT2D eigenvalue weighted by Gasteiger charge is 2.28. The minimum Gasteiger partial charge on any atom is -0.491 e. The molecule has 0 fully saturated rings. The number of fused-ring (bicyclic) bond motifs is 1. The van der Waals surface area contributed by atoms with E-state index in [1.165, 1.54) is 11.9 Å². The lowest BCUT2D eigenvalue weighted by Crippen LogP contribution is -2.51. The van der Waals surface area contributed by atoms with Crippen molar-refractivity contribution in [2.45, 2.75) is 26.3 Å². The number of nitrogens with zero attached hydrogens (tertiary/aromatic N) is 2. The molecule has 0 saturated heterocycles. The summed E-state index contributed by atoms with van der Waals surface area (Å²) in [6, 6.07) is 5.52. The van der Waals surface area contributed by atoms with Gasteiger partial charge in [-0.05, 0) is 26.0 Å². The van der Waals surface area contributed by atoms with Crippen LogP contribution in [0.2, 0.25) is 0 Å². The molecule has 0 saturated carbocycles. The van der Waals surface area contributed by atoms with Gasteiger partial charge in [-0.3, -0.25) is 19.2 Å². The van der Waals surface area contributed by atoms with E-state index >= 15 is 0 Å². The fraction of sp³-hybridized carbons (Fsp3) is 0.545. The Kier molecular flexibility index (Phi) is 9.93. The molecule has 1 atom stereocenters. The van der Waals surface area contributed by atoms with Gasteiger partial charge in [-0.2, -0.15) is 0 Å². The van der Waals surface area contributed by atoms with Crippen LogP contribution in [0, 0.1) is 0 Å². The third kappa shape index (κ3) is 7.23. The number of ether oxygens (including phenoxy) is 2. The van der Waals surface area contributed by atoms with Gasteiger partial charge in [0.2, 0.25) is 17.7 Å². The molecule has 10 heteroatoms. The normalized spacial score (nSPS) is 18.3. The van der Waals surface area contributed by atoms with Crippen LogP contribution in [0.3, 0.4) is 0 Å². The molecule has 0 aromatic heterocycles. The van der Waals surface area contributed by atoms with Crippen LogP contribution < -0.4 is 15.4 Å². The first-order valence-electron chi connectivity index (χ1n) is 10.8. The Morgan fingerprint density at radius 2 is 1.97 bits per heavy atom. The van der Waals surface area contributed by atoms with Gasteiger partial charge < -0.3 is 29.9 Å². The minimum absolute atomic E-state index is 0.129. The number of hydrogen-bond donors (Lipinski definition) is 2. The van der Waals surface area contributed by atoms with Crippen molar-refractivity contribution >= 4 is 23.6 Å². The van der Waals surface area contributed by atoms with Gasteiger partial charge in [-0.25, -0.2) is 0 Å². The number of para-hydroxylation sites is 1. The predicted octanol–water partition coefficient (Wildman–Crippen LogP) is 0.0271. The van der Waals surface area contributed by atoms with Crippen molar-refractivity contribution in [1.29, 1.82) is 0 Å². The zero-order valence-electron chi connectivity index (χ0n) is 18.9. The number of carbonyl (C=O) groups excluding carboxylic acids is 4. The van der Waals surface area contributed by atoms with Crippen LogP contribution in [0.25, 0.3) is 0 Å². The van der Waals surface area contributed by atoms with Gasteiger partial charge >= 0.3 is 0 Å². The second-order valence-corrected chi connectivity index (χ2v) is 7.29. The molecule has 1 aliphatic rings. The molecule has 32 heavy (non-hydrogen) atoms. The third-order valence-corrected chi connectivity index (χ3v) is 5.03. The van der Waals surface area contributed by atoms with Crippen molar-refractivity contribution in [1.82, 2.24) is 20.4 Å². The van der Waals surface area contributed by atoms with Gasteiger partial charge in [0, 0.05) is 26.7 Å². The lowest BCUT2D eigenvalue weighted by molar-refractivity contribution is -0.140. The maximum atomic E-state index is 12.9. The summed E-state index contributed by atoms with van der Waals surface area (Å²) in [6.07, 6.45) is -0.287. The summed E-state index contributed by atoms with van der Waals surface area (Å²) in [5.74, 6) is -1.35. The molecule has 176 valence electrons. The van der Waals surface area contributed by atoms with Gasteiger partial charge in [0.05, 0.1) is 31.7 Å². The Hall–Kier alpha value is -3.14. The molecule has 10 nitrogen and oxygen atoms in total. The van der Waals surface area contributed by atoms with Crippen LogP contribution in [0.1, 0.15) is 30.6 Å². The molecule has 0 unspecified atom stereocenters. The van der Waals surface area contributed by atoms with E-state index < -0.39 is 23.8 Å². The lowest BCUT2D eigenvalue weighted by Gasteiger charge is -2.27. The molecular formula is C22H32N4O6. The Labute approximate surface area is 188 Å². The van der Waals surface area contributed by atoms with Crippen molar-refractivity contribution in [2.75, 3.05) is 53.0 Å². The maximum absolute atomic E-state index is 12.9. The Morgan fingerprint density at radius 1 is 1.22 bits per heavy atom. The second kappa shape index (κ2) is 12.7. The second-order valence-electron chi connectivity index (χ2n) is 7.29. The first-order valence-corrected chi connectivity index (χ1v) is 10.8. The van der Waals surface area contributed by atoms with Crippen molar-refractivity contribution in [2.24, 2.45) is 0 Å². The molecule has 2 N–H and O–H groups in total. The predicted molar refractivity (Wildman–Crippen MR) is 117 cm³/mol. The summed E-state index contributed by atoms with van der Waals surface area (Å²) >= 11 is 0. The SMILES string of the molecule is CCOCCNC(=O)[C@@H]1CC(=O)N(C)CC(=O)N(CC)CCOc2ccccc2C(=O)N1. The maximum Gasteiger partial charge on any atom is 0.255 e. The molecule has 0 radical (unpaired) electrons. The van der Waals surface area contributed by atoms with E-state index in [1.807, 2.05) is 13.8 Å². The molecule has 1 aromatic rings. The quantitative estimate of drug-likeness (QED) is 0.593. The summed E-state index contributed by atoms with van der Waals surface area (Å²) in [5.41, 5.74) is 0.242. The van der Waals surface area contributed by atoms with Gasteiger partial charge in [-0.1, -0.05) is 12.1 Å². The van der Waals surface area contributed by atoms with E-state index in [-0.39, 0.29) is 37.6 Å². The van der Waals surface area contributed by atoms with Crippen LogP contribution in [0.15, 0.2) is 24.3 Å². The highest BCUT2D eigenvalue weighted by molar-refractivity contribution is 6.00. The summed E-state index contributed by atoms with van der Waals surface area (Å²) in [4.78, 5) is 53.8. The molecule has 0 aliphatic carbocycles. The molecule has 0 spiro atoms. The number of rotatable bonds is 6. The van der Waals surface area contributed by atoms with Crippen molar-refractivity contribution in [3.05, 3.63) is 29.8 Å². The number of hydrogen-bond acceptors (Lipinski definition) is 6. The van der Waals surface area contributed by atoms with E-state index in [2.05, 4.69) is 10.6 Å². The average molecular weight is 449 g/mol. The zero-order chi connectivity index (χ0) is 23.5. The standard InChI is InChI=1S/C22H32N4O6/c1-4-26-11-13-32-18-9-7-6-8-16(18)21(29)24-17(22(30)23-10-12-31-5-2)14-19(27)25(3)15-20(26)28/h6-9,17H,4-5,10-15H2,1-3H3,(H,23,30)(H,24,29)/t17-/m0/s1. The highest BCUT2D eigenvalue weighted by Crippen LogP contribution is 2.18. The number of benzene rings is 1. The van der Waals surface area contributed by atoms with E-state index in [0.717, 1.165) is 0 Å². The van der Waals surface area contributed by atoms with Gasteiger partial charge in [0.1, 0.15) is 18.4 Å². The summed E-state index contributed by atoms with van der Waals surface area (Å²) in [6.45, 7) is 5.58. The van der Waals surface area contributed by atoms with Crippen LogP contribution in [0.4, 0.5) is 0 Å². The number of carbonyl (C=O) groups is 4. The summed E-state index contributed by atoms with van der Waals surface area (Å²) in [7, 11) is 1.50. The summed E-state index contributed by atoms with van der Waals surface area (Å²) in [5, 5.41) is 5.31. The fourth-order valence-corrected chi connectivity index (χ4v) is 3.19. The molecule has 1 aromatic carbocycles. The Balaban J connectivity index is 2.28. The lowest BCUT2D eigenvalue weighted by atomic mass is 10.1. The van der Waals surface area contributed by atoms with E-state index in [4.69, 9.17) is 9.47 Å². The third-order valence-electron chi connectivity index (χ3n) is 5.03. The summed E-state index contributed by atoms with van der Waals surface area (Å²) < 4.78 is 11.0. The molecule has 2 rings (SSSR count). The van der Waals surface area contributed by atoms with Gasteiger partial charge in [0.25, 0.3) is 5.91 Å². The molecule has 1 heterocycles. The first-order chi connectivity index (χ1) is 15.4. The van der Waals surface area contributed by atoms with Crippen molar-refractivity contribution in [3.63, 3.8) is 0 Å². The van der Waals surface area contributed by atoms with E-state index in [0.29, 0.717) is 32.1 Å². The molecule has 1 aliphatic heterocycles. The van der Waals surface area contributed by atoms with Crippen molar-refractivity contribution in [3.8, 4) is 5.75 Å². The number of nitrogens with one attached hydrogen (secondary N) is 2. The van der Waals surface area contributed by atoms with E-state index in [1.54, 1.807) is 29.2 Å². The van der Waals surface area contributed by atoms with Crippen LogP contribution in [-0.2, 0) is 19.1 Å². The van der Waals surface area contributed by atoms with Crippen molar-refractivity contribution < 1.29 is 28.7 Å². The molecule has 4 amide bonds. The molecule has 0 bridgehead atoms. The van der Waals surface area contributed by atoms with E-state index in [9.17, 15) is 19.2 Å². The minimum atomic E-state index is -1.12. The Morgan fingerprint density at radius 3 is 2.69 bits per heavy atom. The van der Waals surface area contributed by atoms with Gasteiger partial charge in [-0.15, -0.1) is 0 Å². The highest BCUT2D eigenvalue weighted by atomic mass is 16.5. The largest absolute Gasteiger partial charge is 0.491 e. The van der Waals surface area contributed by atoms with Crippen LogP contribution in [0.5, 0.6) is 5.75 Å². The average Bonchev–Trinajstić information content (AvgIpc) is 2.78. The smallest absolute Gasteiger partial charge is 0.255 e. The van der Waals surface area contributed by atoms with Crippen LogP contribution in [-0.4, -0.2) is 92.5 Å². The first kappa shape index (κ1) is 25.1.